The third-order valence-electron chi connectivity index (χ3n) is 5.22. The SMILES string of the molecule is O=C(Oc1cccc(/C=C2\SC(=S)N(C3CCCCC3)C2=O)c1)c1ccccc1I. The third-order valence-corrected chi connectivity index (χ3v) is 7.49. The van der Waals surface area contributed by atoms with Crippen LogP contribution in [0.3, 0.4) is 0 Å². The minimum absolute atomic E-state index is 0.0156. The second kappa shape index (κ2) is 9.62. The molecule has 1 heterocycles. The minimum atomic E-state index is -0.402. The molecule has 0 unspecified atom stereocenters. The van der Waals surface area contributed by atoms with E-state index in [0.29, 0.717) is 20.5 Å². The van der Waals surface area contributed by atoms with Crippen molar-refractivity contribution in [3.05, 3.63) is 68.1 Å². The first kappa shape index (κ1) is 21.5. The molecule has 1 aliphatic heterocycles. The van der Waals surface area contributed by atoms with Crippen LogP contribution in [-0.2, 0) is 4.79 Å². The normalized spacial score (nSPS) is 18.8. The molecule has 7 heteroatoms. The van der Waals surface area contributed by atoms with Gasteiger partial charge in [0.15, 0.2) is 0 Å². The van der Waals surface area contributed by atoms with Crippen molar-refractivity contribution in [1.82, 2.24) is 4.90 Å². The van der Waals surface area contributed by atoms with Gasteiger partial charge in [-0.3, -0.25) is 9.69 Å². The van der Waals surface area contributed by atoms with Crippen molar-refractivity contribution in [3.63, 3.8) is 0 Å². The summed E-state index contributed by atoms with van der Waals surface area (Å²) in [6.45, 7) is 0. The van der Waals surface area contributed by atoms with E-state index in [1.54, 1.807) is 23.1 Å². The smallest absolute Gasteiger partial charge is 0.344 e. The maximum atomic E-state index is 13.0. The molecule has 0 spiro atoms. The van der Waals surface area contributed by atoms with E-state index in [9.17, 15) is 9.59 Å². The first-order valence-corrected chi connectivity index (χ1v) is 12.2. The summed E-state index contributed by atoms with van der Waals surface area (Å²) in [5.74, 6) is 0.0232. The number of thioether (sulfide) groups is 1. The van der Waals surface area contributed by atoms with Crippen LogP contribution in [0.15, 0.2) is 53.4 Å². The number of halogens is 1. The molecule has 2 aromatic rings. The van der Waals surface area contributed by atoms with Crippen molar-refractivity contribution in [2.24, 2.45) is 0 Å². The Morgan fingerprint density at radius 1 is 1.13 bits per heavy atom. The quantitative estimate of drug-likeness (QED) is 0.153. The second-order valence-electron chi connectivity index (χ2n) is 7.29. The molecular weight excluding hydrogens is 529 g/mol. The summed E-state index contributed by atoms with van der Waals surface area (Å²) in [4.78, 5) is 27.9. The molecule has 2 aromatic carbocycles. The predicted molar refractivity (Wildman–Crippen MR) is 132 cm³/mol. The number of ether oxygens (including phenoxy) is 1. The molecule has 0 atom stereocenters. The van der Waals surface area contributed by atoms with Crippen LogP contribution < -0.4 is 4.74 Å². The molecule has 2 fully saturated rings. The summed E-state index contributed by atoms with van der Waals surface area (Å²) < 4.78 is 7.02. The van der Waals surface area contributed by atoms with Crippen LogP contribution in [0.1, 0.15) is 48.0 Å². The summed E-state index contributed by atoms with van der Waals surface area (Å²) >= 11 is 8.96. The Balaban J connectivity index is 1.51. The number of carbonyl (C=O) groups excluding carboxylic acids is 2. The van der Waals surface area contributed by atoms with Gasteiger partial charge in [-0.2, -0.15) is 0 Å². The first-order valence-electron chi connectivity index (χ1n) is 9.87. The number of rotatable bonds is 4. The van der Waals surface area contributed by atoms with Crippen LogP contribution in [-0.4, -0.2) is 27.1 Å². The molecular formula is C23H20INO3S2. The highest BCUT2D eigenvalue weighted by molar-refractivity contribution is 14.1. The molecule has 0 bridgehead atoms. The molecule has 0 aromatic heterocycles. The van der Waals surface area contributed by atoms with Gasteiger partial charge in [0.2, 0.25) is 0 Å². The second-order valence-corrected chi connectivity index (χ2v) is 10.1. The molecule has 1 saturated heterocycles. The van der Waals surface area contributed by atoms with Crippen LogP contribution in [0, 0.1) is 3.57 Å². The molecule has 2 aliphatic rings. The lowest BCUT2D eigenvalue weighted by molar-refractivity contribution is -0.124. The Hall–Kier alpha value is -1.71. The van der Waals surface area contributed by atoms with Crippen molar-refractivity contribution in [2.45, 2.75) is 38.1 Å². The number of esters is 1. The summed E-state index contributed by atoms with van der Waals surface area (Å²) in [5.41, 5.74) is 1.32. The van der Waals surface area contributed by atoms with Gasteiger partial charge in [0.05, 0.1) is 10.5 Å². The predicted octanol–water partition coefficient (Wildman–Crippen LogP) is 6.04. The maximum Gasteiger partial charge on any atom is 0.344 e. The fourth-order valence-corrected chi connectivity index (χ4v) is 5.75. The molecule has 4 rings (SSSR count). The molecule has 4 nitrogen and oxygen atoms in total. The number of amides is 1. The van der Waals surface area contributed by atoms with Crippen LogP contribution in [0.25, 0.3) is 6.08 Å². The summed E-state index contributed by atoms with van der Waals surface area (Å²) in [5, 5.41) is 0. The van der Waals surface area contributed by atoms with Gasteiger partial charge in [-0.1, -0.05) is 67.5 Å². The molecule has 0 radical (unpaired) electrons. The average molecular weight is 549 g/mol. The molecule has 0 N–H and O–H groups in total. The Labute approximate surface area is 199 Å². The monoisotopic (exact) mass is 549 g/mol. The van der Waals surface area contributed by atoms with E-state index in [-0.39, 0.29) is 11.9 Å². The molecule has 1 aliphatic carbocycles. The standard InChI is InChI=1S/C23H20INO3S2/c24-19-12-5-4-11-18(19)22(27)28-17-10-6-7-15(13-17)14-20-21(26)25(23(29)30-20)16-8-2-1-3-9-16/h4-7,10-14,16H,1-3,8-9H2/b20-14-. The van der Waals surface area contributed by atoms with Gasteiger partial charge in [0, 0.05) is 9.61 Å². The van der Waals surface area contributed by atoms with E-state index in [0.717, 1.165) is 34.8 Å². The zero-order valence-electron chi connectivity index (χ0n) is 16.2. The summed E-state index contributed by atoms with van der Waals surface area (Å²) in [6.07, 6.45) is 7.39. The fourth-order valence-electron chi connectivity index (χ4n) is 3.74. The molecule has 30 heavy (non-hydrogen) atoms. The fraction of sp³-hybridized carbons (Fsp3) is 0.261. The van der Waals surface area contributed by atoms with Crippen molar-refractivity contribution in [3.8, 4) is 5.75 Å². The number of thiocarbonyl (C=S) groups is 1. The van der Waals surface area contributed by atoms with E-state index in [4.69, 9.17) is 17.0 Å². The zero-order valence-corrected chi connectivity index (χ0v) is 20.0. The number of hydrogen-bond donors (Lipinski definition) is 0. The van der Waals surface area contributed by atoms with Crippen LogP contribution in [0.2, 0.25) is 0 Å². The van der Waals surface area contributed by atoms with E-state index < -0.39 is 5.97 Å². The summed E-state index contributed by atoms with van der Waals surface area (Å²) in [7, 11) is 0. The lowest BCUT2D eigenvalue weighted by atomic mass is 9.94. The van der Waals surface area contributed by atoms with Gasteiger partial charge >= 0.3 is 5.97 Å². The highest BCUT2D eigenvalue weighted by Crippen LogP contribution is 2.37. The molecule has 1 amide bonds. The highest BCUT2D eigenvalue weighted by Gasteiger charge is 2.37. The first-order chi connectivity index (χ1) is 14.5. The van der Waals surface area contributed by atoms with E-state index in [1.807, 2.05) is 36.4 Å². The molecule has 1 saturated carbocycles. The van der Waals surface area contributed by atoms with E-state index in [2.05, 4.69) is 22.6 Å². The lowest BCUT2D eigenvalue weighted by Crippen LogP contribution is -2.39. The topological polar surface area (TPSA) is 46.6 Å². The number of benzene rings is 2. The Bertz CT molecular complexity index is 1030. The van der Waals surface area contributed by atoms with Crippen molar-refractivity contribution in [1.29, 1.82) is 0 Å². The largest absolute Gasteiger partial charge is 0.423 e. The van der Waals surface area contributed by atoms with Crippen LogP contribution in [0.4, 0.5) is 0 Å². The highest BCUT2D eigenvalue weighted by atomic mass is 127. The minimum Gasteiger partial charge on any atom is -0.423 e. The third kappa shape index (κ3) is 4.78. The Morgan fingerprint density at radius 3 is 2.67 bits per heavy atom. The van der Waals surface area contributed by atoms with Crippen LogP contribution in [0.5, 0.6) is 5.75 Å². The number of nitrogens with zero attached hydrogens (tertiary/aromatic N) is 1. The van der Waals surface area contributed by atoms with Crippen molar-refractivity contribution < 1.29 is 14.3 Å². The number of carbonyl (C=O) groups is 2. The van der Waals surface area contributed by atoms with Gasteiger partial charge in [-0.05, 0) is 71.3 Å². The van der Waals surface area contributed by atoms with Gasteiger partial charge in [0.25, 0.3) is 5.91 Å². The van der Waals surface area contributed by atoms with Crippen molar-refractivity contribution >= 4 is 68.8 Å². The zero-order chi connectivity index (χ0) is 21.1. The van der Waals surface area contributed by atoms with E-state index in [1.165, 1.54) is 18.2 Å². The van der Waals surface area contributed by atoms with Crippen LogP contribution >= 0.6 is 46.6 Å². The lowest BCUT2D eigenvalue weighted by Gasteiger charge is -2.29. The Kier molecular flexibility index (Phi) is 6.90. The number of hydrogen-bond acceptors (Lipinski definition) is 5. The summed E-state index contributed by atoms with van der Waals surface area (Å²) in [6, 6.07) is 14.7. The van der Waals surface area contributed by atoms with Gasteiger partial charge in [0.1, 0.15) is 10.1 Å². The Morgan fingerprint density at radius 2 is 1.90 bits per heavy atom. The van der Waals surface area contributed by atoms with E-state index >= 15 is 0 Å². The van der Waals surface area contributed by atoms with Gasteiger partial charge in [-0.15, -0.1) is 0 Å². The van der Waals surface area contributed by atoms with Crippen molar-refractivity contribution in [2.75, 3.05) is 0 Å². The van der Waals surface area contributed by atoms with Gasteiger partial charge in [-0.25, -0.2) is 4.79 Å². The average Bonchev–Trinajstić information content (AvgIpc) is 3.02. The van der Waals surface area contributed by atoms with Gasteiger partial charge < -0.3 is 4.74 Å². The molecule has 154 valence electrons. The maximum absolute atomic E-state index is 13.0.